The molecule has 1 spiro atoms. The molecule has 1 saturated heterocycles. The summed E-state index contributed by atoms with van der Waals surface area (Å²) in [6.07, 6.45) is 7.15. The van der Waals surface area contributed by atoms with E-state index in [-0.39, 0.29) is 11.8 Å². The monoisotopic (exact) mass is 402 g/mol. The van der Waals surface area contributed by atoms with E-state index in [1.54, 1.807) is 12.4 Å². The highest BCUT2D eigenvalue weighted by molar-refractivity contribution is 5.97. The summed E-state index contributed by atoms with van der Waals surface area (Å²) < 4.78 is 0. The molecule has 0 bridgehead atoms. The summed E-state index contributed by atoms with van der Waals surface area (Å²) in [5.74, 6) is 0.664. The number of amides is 2. The van der Waals surface area contributed by atoms with Gasteiger partial charge in [-0.05, 0) is 48.3 Å². The Hall–Kier alpha value is -3.15. The standard InChI is InChI=1S/C24H26N4O2/c29-22(12-17-4-2-1-3-5-17)28-10-7-24(8-11-28)14-19(24)15-26-23(30)20-13-18-6-9-25-16-21(18)27-20/h1-6,9,13,16,19,27H,7-8,10-12,14-15H2,(H,26,30). The summed E-state index contributed by atoms with van der Waals surface area (Å²) in [7, 11) is 0. The number of carbonyl (C=O) groups excluding carboxylic acids is 2. The molecule has 0 radical (unpaired) electrons. The maximum Gasteiger partial charge on any atom is 0.267 e. The Morgan fingerprint density at radius 3 is 2.73 bits per heavy atom. The molecule has 1 atom stereocenters. The van der Waals surface area contributed by atoms with E-state index in [1.165, 1.54) is 0 Å². The normalized spacial score (nSPS) is 19.7. The average molecular weight is 402 g/mol. The van der Waals surface area contributed by atoms with Gasteiger partial charge in [0, 0.05) is 31.2 Å². The molecule has 6 heteroatoms. The van der Waals surface area contributed by atoms with Crippen molar-refractivity contribution in [2.75, 3.05) is 19.6 Å². The van der Waals surface area contributed by atoms with Gasteiger partial charge in [0.25, 0.3) is 5.91 Å². The van der Waals surface area contributed by atoms with E-state index in [1.807, 2.05) is 47.4 Å². The number of aromatic amines is 1. The number of pyridine rings is 1. The zero-order valence-electron chi connectivity index (χ0n) is 16.9. The van der Waals surface area contributed by atoms with E-state index in [9.17, 15) is 9.59 Å². The van der Waals surface area contributed by atoms with Crippen LogP contribution in [0.1, 0.15) is 35.3 Å². The second-order valence-corrected chi connectivity index (χ2v) is 8.66. The van der Waals surface area contributed by atoms with Crippen LogP contribution in [0.5, 0.6) is 0 Å². The molecule has 1 unspecified atom stereocenters. The molecular weight excluding hydrogens is 376 g/mol. The summed E-state index contributed by atoms with van der Waals surface area (Å²) in [6, 6.07) is 13.7. The first-order valence-corrected chi connectivity index (χ1v) is 10.7. The number of likely N-dealkylation sites (tertiary alicyclic amines) is 1. The van der Waals surface area contributed by atoms with Gasteiger partial charge in [-0.25, -0.2) is 0 Å². The lowest BCUT2D eigenvalue weighted by molar-refractivity contribution is -0.132. The predicted molar refractivity (Wildman–Crippen MR) is 115 cm³/mol. The van der Waals surface area contributed by atoms with E-state index < -0.39 is 0 Å². The van der Waals surface area contributed by atoms with Crippen molar-refractivity contribution in [3.63, 3.8) is 0 Å². The van der Waals surface area contributed by atoms with E-state index >= 15 is 0 Å². The summed E-state index contributed by atoms with van der Waals surface area (Å²) in [4.78, 5) is 34.3. The van der Waals surface area contributed by atoms with Crippen LogP contribution in [0.25, 0.3) is 10.9 Å². The SMILES string of the molecule is O=C(NCC1CC12CCN(C(=O)Cc1ccccc1)CC2)c1cc2ccncc2[nH]1. The molecule has 1 aromatic carbocycles. The molecule has 2 aromatic heterocycles. The Labute approximate surface area is 175 Å². The van der Waals surface area contributed by atoms with Gasteiger partial charge in [0.15, 0.2) is 0 Å². The summed E-state index contributed by atoms with van der Waals surface area (Å²) in [5, 5.41) is 4.08. The van der Waals surface area contributed by atoms with Crippen LogP contribution >= 0.6 is 0 Å². The molecule has 30 heavy (non-hydrogen) atoms. The fourth-order valence-electron chi connectivity index (χ4n) is 4.82. The van der Waals surface area contributed by atoms with Crippen molar-refractivity contribution in [3.8, 4) is 0 Å². The Morgan fingerprint density at radius 2 is 1.97 bits per heavy atom. The maximum absolute atomic E-state index is 12.6. The van der Waals surface area contributed by atoms with Crippen molar-refractivity contribution >= 4 is 22.7 Å². The number of H-pyrrole nitrogens is 1. The maximum atomic E-state index is 12.6. The lowest BCUT2D eigenvalue weighted by Crippen LogP contribution is -2.41. The summed E-state index contributed by atoms with van der Waals surface area (Å²) in [5.41, 5.74) is 2.83. The zero-order valence-corrected chi connectivity index (χ0v) is 16.9. The molecule has 1 aliphatic heterocycles. The summed E-state index contributed by atoms with van der Waals surface area (Å²) >= 11 is 0. The van der Waals surface area contributed by atoms with Crippen LogP contribution < -0.4 is 5.32 Å². The van der Waals surface area contributed by atoms with Crippen LogP contribution in [0.3, 0.4) is 0 Å². The van der Waals surface area contributed by atoms with Crippen LogP contribution in [0, 0.1) is 11.3 Å². The summed E-state index contributed by atoms with van der Waals surface area (Å²) in [6.45, 7) is 2.35. The number of rotatable bonds is 5. The number of nitrogens with zero attached hydrogens (tertiary/aromatic N) is 2. The Morgan fingerprint density at radius 1 is 1.17 bits per heavy atom. The minimum Gasteiger partial charge on any atom is -0.350 e. The highest BCUT2D eigenvalue weighted by Gasteiger charge is 2.54. The van der Waals surface area contributed by atoms with Crippen LogP contribution in [0.4, 0.5) is 0 Å². The smallest absolute Gasteiger partial charge is 0.267 e. The number of aromatic nitrogens is 2. The molecule has 1 saturated carbocycles. The van der Waals surface area contributed by atoms with Gasteiger partial charge in [-0.3, -0.25) is 14.6 Å². The Balaban J connectivity index is 1.10. The van der Waals surface area contributed by atoms with Gasteiger partial charge in [0.05, 0.1) is 18.1 Å². The second kappa shape index (κ2) is 7.59. The lowest BCUT2D eigenvalue weighted by Gasteiger charge is -2.33. The molecule has 1 aliphatic carbocycles. The topological polar surface area (TPSA) is 78.1 Å². The number of benzene rings is 1. The molecule has 154 valence electrons. The molecular formula is C24H26N4O2. The molecule has 2 fully saturated rings. The van der Waals surface area contributed by atoms with Crippen LogP contribution in [0.15, 0.2) is 54.9 Å². The third-order valence-electron chi connectivity index (χ3n) is 6.85. The molecule has 2 N–H and O–H groups in total. The van der Waals surface area contributed by atoms with Gasteiger partial charge >= 0.3 is 0 Å². The Bertz CT molecular complexity index is 1030. The van der Waals surface area contributed by atoms with Crippen molar-refractivity contribution in [2.24, 2.45) is 11.3 Å². The van der Waals surface area contributed by atoms with Gasteiger partial charge in [-0.15, -0.1) is 0 Å². The first-order chi connectivity index (χ1) is 14.6. The van der Waals surface area contributed by atoms with Crippen molar-refractivity contribution in [1.82, 2.24) is 20.2 Å². The van der Waals surface area contributed by atoms with Crippen molar-refractivity contribution < 1.29 is 9.59 Å². The third kappa shape index (κ3) is 3.70. The van der Waals surface area contributed by atoms with E-state index in [4.69, 9.17) is 0 Å². The molecule has 3 heterocycles. The average Bonchev–Trinajstić information content (AvgIpc) is 3.25. The fourth-order valence-corrected chi connectivity index (χ4v) is 4.82. The first kappa shape index (κ1) is 18.9. The molecule has 3 aromatic rings. The molecule has 6 nitrogen and oxygen atoms in total. The second-order valence-electron chi connectivity index (χ2n) is 8.66. The van der Waals surface area contributed by atoms with E-state index in [0.29, 0.717) is 30.0 Å². The zero-order chi connectivity index (χ0) is 20.6. The highest BCUT2D eigenvalue weighted by Crippen LogP contribution is 2.59. The Kier molecular flexibility index (Phi) is 4.77. The van der Waals surface area contributed by atoms with Gasteiger partial charge in [0.1, 0.15) is 5.69 Å². The van der Waals surface area contributed by atoms with E-state index in [2.05, 4.69) is 15.3 Å². The number of piperidine rings is 1. The first-order valence-electron chi connectivity index (χ1n) is 10.7. The number of fused-ring (bicyclic) bond motifs is 1. The van der Waals surface area contributed by atoms with E-state index in [0.717, 1.165) is 48.8 Å². The number of nitrogens with one attached hydrogen (secondary N) is 2. The van der Waals surface area contributed by atoms with Gasteiger partial charge in [0.2, 0.25) is 5.91 Å². The molecule has 2 amide bonds. The number of hydrogen-bond donors (Lipinski definition) is 2. The largest absolute Gasteiger partial charge is 0.350 e. The van der Waals surface area contributed by atoms with Gasteiger partial charge in [-0.1, -0.05) is 30.3 Å². The van der Waals surface area contributed by atoms with Crippen LogP contribution in [-0.4, -0.2) is 46.3 Å². The lowest BCUT2D eigenvalue weighted by atomic mass is 9.90. The highest BCUT2D eigenvalue weighted by atomic mass is 16.2. The van der Waals surface area contributed by atoms with Crippen LogP contribution in [0.2, 0.25) is 0 Å². The molecule has 5 rings (SSSR count). The third-order valence-corrected chi connectivity index (χ3v) is 6.85. The van der Waals surface area contributed by atoms with Crippen molar-refractivity contribution in [2.45, 2.75) is 25.7 Å². The minimum atomic E-state index is -0.0660. The van der Waals surface area contributed by atoms with Gasteiger partial charge in [-0.2, -0.15) is 0 Å². The van der Waals surface area contributed by atoms with Gasteiger partial charge < -0.3 is 15.2 Å². The fraction of sp³-hybridized carbons (Fsp3) is 0.375. The molecule has 2 aliphatic rings. The quantitative estimate of drug-likeness (QED) is 0.688. The predicted octanol–water partition coefficient (Wildman–Crippen LogP) is 3.16. The van der Waals surface area contributed by atoms with Crippen molar-refractivity contribution in [3.05, 3.63) is 66.1 Å². The number of carbonyl (C=O) groups is 2. The van der Waals surface area contributed by atoms with Crippen LogP contribution in [-0.2, 0) is 11.2 Å². The number of hydrogen-bond acceptors (Lipinski definition) is 3. The minimum absolute atomic E-state index is 0.0660. The van der Waals surface area contributed by atoms with Crippen molar-refractivity contribution in [1.29, 1.82) is 0 Å².